The van der Waals surface area contributed by atoms with Crippen LogP contribution in [-0.4, -0.2) is 43.3 Å². The van der Waals surface area contributed by atoms with Gasteiger partial charge in [-0.15, -0.1) is 0 Å². The molecule has 1 saturated carbocycles. The first kappa shape index (κ1) is 19.0. The predicted molar refractivity (Wildman–Crippen MR) is 111 cm³/mol. The van der Waals surface area contributed by atoms with Gasteiger partial charge in [0, 0.05) is 37.3 Å². The fourth-order valence-corrected chi connectivity index (χ4v) is 4.27. The first-order chi connectivity index (χ1) is 13.6. The van der Waals surface area contributed by atoms with Crippen LogP contribution in [0.15, 0.2) is 54.6 Å². The SMILES string of the molecule is CC1(C)[C@@H](NC(=O)Nc2ccccc2CN2CCOCC2)[C@@H]1c1ccccc1. The average molecular weight is 380 g/mol. The molecule has 2 N–H and O–H groups in total. The Balaban J connectivity index is 1.39. The number of carbonyl (C=O) groups excluding carboxylic acids is 1. The van der Waals surface area contributed by atoms with Gasteiger partial charge >= 0.3 is 6.03 Å². The minimum absolute atomic E-state index is 0.0615. The van der Waals surface area contributed by atoms with Crippen LogP contribution < -0.4 is 10.6 Å². The van der Waals surface area contributed by atoms with Crippen LogP contribution in [0.1, 0.15) is 30.9 Å². The fourth-order valence-electron chi connectivity index (χ4n) is 4.27. The third kappa shape index (κ3) is 4.05. The number of anilines is 1. The maximum atomic E-state index is 12.7. The quantitative estimate of drug-likeness (QED) is 0.830. The summed E-state index contributed by atoms with van der Waals surface area (Å²) < 4.78 is 5.43. The Morgan fingerprint density at radius 1 is 1.07 bits per heavy atom. The molecule has 1 heterocycles. The van der Waals surface area contributed by atoms with Crippen molar-refractivity contribution in [2.24, 2.45) is 5.41 Å². The smallest absolute Gasteiger partial charge is 0.319 e. The lowest BCUT2D eigenvalue weighted by molar-refractivity contribution is 0.0343. The first-order valence-electron chi connectivity index (χ1n) is 10.1. The number of amides is 2. The van der Waals surface area contributed by atoms with Crippen molar-refractivity contribution in [3.63, 3.8) is 0 Å². The van der Waals surface area contributed by atoms with Gasteiger partial charge in [0.15, 0.2) is 0 Å². The van der Waals surface area contributed by atoms with E-state index in [-0.39, 0.29) is 17.5 Å². The molecule has 0 unspecified atom stereocenters. The van der Waals surface area contributed by atoms with Crippen molar-refractivity contribution < 1.29 is 9.53 Å². The van der Waals surface area contributed by atoms with Crippen molar-refractivity contribution >= 4 is 11.7 Å². The minimum Gasteiger partial charge on any atom is -0.379 e. The van der Waals surface area contributed by atoms with Gasteiger partial charge in [-0.2, -0.15) is 0 Å². The lowest BCUT2D eigenvalue weighted by Gasteiger charge is -2.27. The average Bonchev–Trinajstić information content (AvgIpc) is 3.24. The molecular weight excluding hydrogens is 350 g/mol. The van der Waals surface area contributed by atoms with Crippen LogP contribution in [0.4, 0.5) is 10.5 Å². The van der Waals surface area contributed by atoms with Gasteiger partial charge in [-0.25, -0.2) is 4.79 Å². The number of hydrogen-bond donors (Lipinski definition) is 2. The van der Waals surface area contributed by atoms with Gasteiger partial charge in [-0.05, 0) is 22.6 Å². The third-order valence-corrected chi connectivity index (χ3v) is 6.04. The molecular formula is C23H29N3O2. The summed E-state index contributed by atoms with van der Waals surface area (Å²) in [4.78, 5) is 15.1. The van der Waals surface area contributed by atoms with Gasteiger partial charge in [0.25, 0.3) is 0 Å². The molecule has 4 rings (SSSR count). The molecule has 28 heavy (non-hydrogen) atoms. The number of morpholine rings is 1. The number of rotatable bonds is 5. The Bertz CT molecular complexity index is 816. The summed E-state index contributed by atoms with van der Waals surface area (Å²) in [7, 11) is 0. The van der Waals surface area contributed by atoms with Crippen LogP contribution in [0.25, 0.3) is 0 Å². The Kier molecular flexibility index (Phi) is 5.38. The van der Waals surface area contributed by atoms with E-state index in [1.807, 2.05) is 24.3 Å². The molecule has 2 amide bonds. The molecule has 1 aliphatic heterocycles. The van der Waals surface area contributed by atoms with Crippen molar-refractivity contribution in [1.82, 2.24) is 10.2 Å². The Morgan fingerprint density at radius 2 is 1.75 bits per heavy atom. The highest BCUT2D eigenvalue weighted by molar-refractivity contribution is 5.90. The van der Waals surface area contributed by atoms with Gasteiger partial charge in [0.2, 0.25) is 0 Å². The van der Waals surface area contributed by atoms with Gasteiger partial charge in [-0.3, -0.25) is 4.90 Å². The predicted octanol–water partition coefficient (Wildman–Crippen LogP) is 3.83. The highest BCUT2D eigenvalue weighted by Gasteiger charge is 2.59. The summed E-state index contributed by atoms with van der Waals surface area (Å²) in [6.07, 6.45) is 0. The highest BCUT2D eigenvalue weighted by Crippen LogP contribution is 2.58. The largest absolute Gasteiger partial charge is 0.379 e. The summed E-state index contributed by atoms with van der Waals surface area (Å²) in [5.74, 6) is 0.350. The van der Waals surface area contributed by atoms with Crippen LogP contribution in [-0.2, 0) is 11.3 Å². The summed E-state index contributed by atoms with van der Waals surface area (Å²) >= 11 is 0. The molecule has 1 saturated heterocycles. The van der Waals surface area contributed by atoms with Crippen molar-refractivity contribution in [2.75, 3.05) is 31.6 Å². The lowest BCUT2D eigenvalue weighted by Crippen LogP contribution is -2.36. The van der Waals surface area contributed by atoms with E-state index in [1.54, 1.807) is 0 Å². The molecule has 2 aromatic rings. The molecule has 0 radical (unpaired) electrons. The van der Waals surface area contributed by atoms with E-state index in [9.17, 15) is 4.79 Å². The van der Waals surface area contributed by atoms with Crippen LogP contribution in [0.3, 0.4) is 0 Å². The molecule has 0 aromatic heterocycles. The fraction of sp³-hybridized carbons (Fsp3) is 0.435. The minimum atomic E-state index is -0.133. The Morgan fingerprint density at radius 3 is 2.50 bits per heavy atom. The van der Waals surface area contributed by atoms with Crippen molar-refractivity contribution in [3.05, 3.63) is 65.7 Å². The summed E-state index contributed by atoms with van der Waals surface area (Å²) in [6, 6.07) is 18.5. The van der Waals surface area contributed by atoms with E-state index < -0.39 is 0 Å². The van der Waals surface area contributed by atoms with E-state index in [1.165, 1.54) is 5.56 Å². The summed E-state index contributed by atoms with van der Waals surface area (Å²) in [6.45, 7) is 8.64. The van der Waals surface area contributed by atoms with E-state index in [0.717, 1.165) is 44.1 Å². The molecule has 0 spiro atoms. The van der Waals surface area contributed by atoms with Crippen molar-refractivity contribution in [3.8, 4) is 0 Å². The number of benzene rings is 2. The van der Waals surface area contributed by atoms with Crippen LogP contribution in [0.2, 0.25) is 0 Å². The van der Waals surface area contributed by atoms with Gasteiger partial charge in [0.05, 0.1) is 13.2 Å². The van der Waals surface area contributed by atoms with E-state index in [0.29, 0.717) is 5.92 Å². The van der Waals surface area contributed by atoms with Crippen LogP contribution in [0.5, 0.6) is 0 Å². The molecule has 5 heteroatoms. The number of para-hydroxylation sites is 1. The normalized spacial score (nSPS) is 23.8. The number of ether oxygens (including phenoxy) is 1. The number of nitrogens with one attached hydrogen (secondary N) is 2. The zero-order chi connectivity index (χ0) is 19.6. The first-order valence-corrected chi connectivity index (χ1v) is 10.1. The topological polar surface area (TPSA) is 53.6 Å². The molecule has 2 atom stereocenters. The van der Waals surface area contributed by atoms with E-state index >= 15 is 0 Å². The van der Waals surface area contributed by atoms with Gasteiger partial charge < -0.3 is 15.4 Å². The monoisotopic (exact) mass is 379 g/mol. The standard InChI is InChI=1S/C23H29N3O2/c1-23(2)20(17-8-4-3-5-9-17)21(23)25-22(27)24-19-11-7-6-10-18(19)16-26-12-14-28-15-13-26/h3-11,20-21H,12-16H2,1-2H3,(H2,24,25,27)/t20-,21-/m0/s1. The Hall–Kier alpha value is -2.37. The van der Waals surface area contributed by atoms with Crippen LogP contribution in [0, 0.1) is 5.41 Å². The molecule has 5 nitrogen and oxygen atoms in total. The number of nitrogens with zero attached hydrogens (tertiary/aromatic N) is 1. The van der Waals surface area contributed by atoms with Crippen molar-refractivity contribution in [1.29, 1.82) is 0 Å². The highest BCUT2D eigenvalue weighted by atomic mass is 16.5. The van der Waals surface area contributed by atoms with Gasteiger partial charge in [-0.1, -0.05) is 62.4 Å². The third-order valence-electron chi connectivity index (χ3n) is 6.04. The molecule has 1 aliphatic carbocycles. The second-order valence-corrected chi connectivity index (χ2v) is 8.33. The van der Waals surface area contributed by atoms with E-state index in [4.69, 9.17) is 4.74 Å². The van der Waals surface area contributed by atoms with Crippen LogP contribution >= 0.6 is 0 Å². The number of urea groups is 1. The second kappa shape index (κ2) is 7.94. The second-order valence-electron chi connectivity index (χ2n) is 8.33. The maximum Gasteiger partial charge on any atom is 0.319 e. The molecule has 2 fully saturated rings. The lowest BCUT2D eigenvalue weighted by atomic mass is 10.0. The molecule has 2 aromatic carbocycles. The molecule has 0 bridgehead atoms. The molecule has 148 valence electrons. The zero-order valence-corrected chi connectivity index (χ0v) is 16.7. The summed E-state index contributed by atoms with van der Waals surface area (Å²) in [5, 5.41) is 6.26. The maximum absolute atomic E-state index is 12.7. The number of hydrogen-bond acceptors (Lipinski definition) is 3. The zero-order valence-electron chi connectivity index (χ0n) is 16.7. The Labute approximate surface area is 167 Å². The van der Waals surface area contributed by atoms with Crippen molar-refractivity contribution in [2.45, 2.75) is 32.4 Å². The number of carbonyl (C=O) groups is 1. The summed E-state index contributed by atoms with van der Waals surface area (Å²) in [5.41, 5.74) is 3.35. The van der Waals surface area contributed by atoms with E-state index in [2.05, 4.69) is 59.7 Å². The van der Waals surface area contributed by atoms with Gasteiger partial charge in [0.1, 0.15) is 0 Å². The molecule has 2 aliphatic rings.